The van der Waals surface area contributed by atoms with Crippen molar-refractivity contribution < 1.29 is 9.26 Å². The zero-order chi connectivity index (χ0) is 10.8. The molecule has 0 saturated carbocycles. The quantitative estimate of drug-likeness (QED) is 0.856. The van der Waals surface area contributed by atoms with E-state index in [2.05, 4.69) is 15.5 Å². The molecule has 1 saturated heterocycles. The van der Waals surface area contributed by atoms with Crippen molar-refractivity contribution in [3.8, 4) is 10.7 Å². The standard InChI is InChI=1S/C10H11N3O2S/c1-2-8(16-5-1)9-12-10(15-13-9)7-6-14-4-3-11-7/h1-2,5,7,11H,3-4,6H2/t7-/m0/s1. The smallest absolute Gasteiger partial charge is 0.246 e. The molecule has 1 aliphatic rings. The van der Waals surface area contributed by atoms with Crippen molar-refractivity contribution in [2.24, 2.45) is 0 Å². The molecule has 0 amide bonds. The van der Waals surface area contributed by atoms with E-state index in [1.165, 1.54) is 0 Å². The summed E-state index contributed by atoms with van der Waals surface area (Å²) in [5.41, 5.74) is 0. The molecule has 0 unspecified atom stereocenters. The minimum atomic E-state index is 0.0231. The molecular weight excluding hydrogens is 226 g/mol. The van der Waals surface area contributed by atoms with Crippen molar-refractivity contribution >= 4 is 11.3 Å². The number of thiophene rings is 1. The van der Waals surface area contributed by atoms with Crippen LogP contribution in [-0.2, 0) is 4.74 Å². The molecule has 0 aliphatic carbocycles. The second-order valence-electron chi connectivity index (χ2n) is 3.52. The fraction of sp³-hybridized carbons (Fsp3) is 0.400. The van der Waals surface area contributed by atoms with E-state index in [9.17, 15) is 0 Å². The normalized spacial score (nSPS) is 21.1. The van der Waals surface area contributed by atoms with Crippen LogP contribution >= 0.6 is 11.3 Å². The molecule has 0 bridgehead atoms. The molecule has 1 N–H and O–H groups in total. The van der Waals surface area contributed by atoms with Gasteiger partial charge in [-0.25, -0.2) is 0 Å². The predicted octanol–water partition coefficient (Wildman–Crippen LogP) is 1.46. The SMILES string of the molecule is c1csc(-c2noc([C@@H]3COCCN3)n2)c1. The third-order valence-electron chi connectivity index (χ3n) is 2.40. The molecule has 1 fully saturated rings. The third-order valence-corrected chi connectivity index (χ3v) is 3.27. The van der Waals surface area contributed by atoms with Crippen molar-refractivity contribution in [2.45, 2.75) is 6.04 Å². The lowest BCUT2D eigenvalue weighted by atomic mass is 10.3. The van der Waals surface area contributed by atoms with Gasteiger partial charge in [-0.15, -0.1) is 11.3 Å². The first-order valence-electron chi connectivity index (χ1n) is 5.12. The van der Waals surface area contributed by atoms with E-state index in [1.54, 1.807) is 11.3 Å². The Labute approximate surface area is 96.4 Å². The van der Waals surface area contributed by atoms with Gasteiger partial charge in [0.05, 0.1) is 18.1 Å². The zero-order valence-corrected chi connectivity index (χ0v) is 9.37. The second kappa shape index (κ2) is 4.32. The maximum absolute atomic E-state index is 5.35. The number of nitrogens with one attached hydrogen (secondary N) is 1. The van der Waals surface area contributed by atoms with E-state index in [1.807, 2.05) is 17.5 Å². The predicted molar refractivity (Wildman–Crippen MR) is 59.2 cm³/mol. The van der Waals surface area contributed by atoms with Crippen LogP contribution in [0, 0.1) is 0 Å². The monoisotopic (exact) mass is 237 g/mol. The molecule has 2 aromatic heterocycles. The van der Waals surface area contributed by atoms with Gasteiger partial charge in [-0.05, 0) is 11.4 Å². The van der Waals surface area contributed by atoms with Gasteiger partial charge in [-0.1, -0.05) is 11.2 Å². The summed E-state index contributed by atoms with van der Waals surface area (Å²) in [4.78, 5) is 5.39. The molecule has 3 heterocycles. The second-order valence-corrected chi connectivity index (χ2v) is 4.46. The molecule has 6 heteroatoms. The van der Waals surface area contributed by atoms with Gasteiger partial charge in [0.25, 0.3) is 0 Å². The first-order chi connectivity index (χ1) is 7.93. The Morgan fingerprint density at radius 1 is 1.50 bits per heavy atom. The highest BCUT2D eigenvalue weighted by Crippen LogP contribution is 2.23. The maximum Gasteiger partial charge on any atom is 0.246 e. The summed E-state index contributed by atoms with van der Waals surface area (Å²) in [6.45, 7) is 2.15. The summed E-state index contributed by atoms with van der Waals surface area (Å²) < 4.78 is 10.6. The third kappa shape index (κ3) is 1.87. The summed E-state index contributed by atoms with van der Waals surface area (Å²) in [6.07, 6.45) is 0. The first-order valence-corrected chi connectivity index (χ1v) is 6.00. The Kier molecular flexibility index (Phi) is 2.69. The fourth-order valence-corrected chi connectivity index (χ4v) is 2.26. The van der Waals surface area contributed by atoms with E-state index < -0.39 is 0 Å². The summed E-state index contributed by atoms with van der Waals surface area (Å²) in [5.74, 6) is 1.25. The van der Waals surface area contributed by atoms with Gasteiger partial charge in [0.15, 0.2) is 0 Å². The molecule has 2 aromatic rings. The van der Waals surface area contributed by atoms with E-state index in [0.717, 1.165) is 18.0 Å². The van der Waals surface area contributed by atoms with Crippen LogP contribution in [0.15, 0.2) is 22.0 Å². The number of ether oxygens (including phenoxy) is 1. The Morgan fingerprint density at radius 2 is 2.50 bits per heavy atom. The minimum absolute atomic E-state index is 0.0231. The Balaban J connectivity index is 1.82. The number of hydrogen-bond donors (Lipinski definition) is 1. The van der Waals surface area contributed by atoms with Crippen molar-refractivity contribution in [2.75, 3.05) is 19.8 Å². The molecule has 0 aromatic carbocycles. The van der Waals surface area contributed by atoms with Gasteiger partial charge in [0.1, 0.15) is 6.04 Å². The Bertz CT molecular complexity index is 448. The Hall–Kier alpha value is -1.24. The number of hydrogen-bond acceptors (Lipinski definition) is 6. The van der Waals surface area contributed by atoms with Crippen molar-refractivity contribution in [1.82, 2.24) is 15.5 Å². The van der Waals surface area contributed by atoms with Crippen LogP contribution < -0.4 is 5.32 Å². The topological polar surface area (TPSA) is 60.2 Å². The lowest BCUT2D eigenvalue weighted by molar-refractivity contribution is 0.0659. The number of morpholine rings is 1. The molecule has 5 nitrogen and oxygen atoms in total. The first kappa shape index (κ1) is 9.95. The fourth-order valence-electron chi connectivity index (χ4n) is 1.61. The van der Waals surface area contributed by atoms with Crippen LogP contribution in [-0.4, -0.2) is 29.9 Å². The van der Waals surface area contributed by atoms with E-state index in [4.69, 9.17) is 9.26 Å². The highest BCUT2D eigenvalue weighted by atomic mass is 32.1. The van der Waals surface area contributed by atoms with Crippen LogP contribution in [0.5, 0.6) is 0 Å². The van der Waals surface area contributed by atoms with Gasteiger partial charge in [-0.2, -0.15) is 4.98 Å². The van der Waals surface area contributed by atoms with Gasteiger partial charge >= 0.3 is 0 Å². The molecule has 1 aliphatic heterocycles. The van der Waals surface area contributed by atoms with E-state index in [0.29, 0.717) is 18.3 Å². The number of aromatic nitrogens is 2. The van der Waals surface area contributed by atoms with Gasteiger partial charge in [0, 0.05) is 6.54 Å². The number of nitrogens with zero attached hydrogens (tertiary/aromatic N) is 2. The highest BCUT2D eigenvalue weighted by Gasteiger charge is 2.22. The van der Waals surface area contributed by atoms with Crippen LogP contribution in [0.2, 0.25) is 0 Å². The Morgan fingerprint density at radius 3 is 3.25 bits per heavy atom. The molecule has 3 rings (SSSR count). The van der Waals surface area contributed by atoms with Crippen LogP contribution in [0.3, 0.4) is 0 Å². The van der Waals surface area contributed by atoms with Crippen molar-refractivity contribution in [3.05, 3.63) is 23.4 Å². The molecule has 0 spiro atoms. The maximum atomic E-state index is 5.35. The van der Waals surface area contributed by atoms with Gasteiger partial charge in [-0.3, -0.25) is 0 Å². The average Bonchev–Trinajstić information content (AvgIpc) is 3.01. The molecule has 84 valence electrons. The van der Waals surface area contributed by atoms with Crippen LogP contribution in [0.4, 0.5) is 0 Å². The molecule has 1 atom stereocenters. The minimum Gasteiger partial charge on any atom is -0.378 e. The highest BCUT2D eigenvalue weighted by molar-refractivity contribution is 7.13. The molecule has 0 radical (unpaired) electrons. The van der Waals surface area contributed by atoms with Crippen LogP contribution in [0.25, 0.3) is 10.7 Å². The summed E-state index contributed by atoms with van der Waals surface area (Å²) in [7, 11) is 0. The molecular formula is C10H11N3O2S. The largest absolute Gasteiger partial charge is 0.378 e. The van der Waals surface area contributed by atoms with Gasteiger partial charge in [0.2, 0.25) is 11.7 Å². The van der Waals surface area contributed by atoms with Crippen molar-refractivity contribution in [1.29, 1.82) is 0 Å². The summed E-state index contributed by atoms with van der Waals surface area (Å²) in [6, 6.07) is 3.97. The van der Waals surface area contributed by atoms with Gasteiger partial charge < -0.3 is 14.6 Å². The summed E-state index contributed by atoms with van der Waals surface area (Å²) in [5, 5.41) is 9.23. The van der Waals surface area contributed by atoms with Crippen LogP contribution in [0.1, 0.15) is 11.9 Å². The molecule has 16 heavy (non-hydrogen) atoms. The van der Waals surface area contributed by atoms with E-state index >= 15 is 0 Å². The van der Waals surface area contributed by atoms with E-state index in [-0.39, 0.29) is 6.04 Å². The summed E-state index contributed by atoms with van der Waals surface area (Å²) >= 11 is 1.60. The van der Waals surface area contributed by atoms with Crippen molar-refractivity contribution in [3.63, 3.8) is 0 Å². The lowest BCUT2D eigenvalue weighted by Gasteiger charge is -2.20. The number of rotatable bonds is 2. The lowest BCUT2D eigenvalue weighted by Crippen LogP contribution is -2.34. The zero-order valence-electron chi connectivity index (χ0n) is 8.55. The average molecular weight is 237 g/mol.